The molecular weight excluding hydrogens is 244 g/mol. The summed E-state index contributed by atoms with van der Waals surface area (Å²) in [4.78, 5) is 11.4. The molecule has 1 amide bonds. The summed E-state index contributed by atoms with van der Waals surface area (Å²) in [5.74, 6) is 0.358. The zero-order chi connectivity index (χ0) is 14.9. The molecule has 0 bridgehead atoms. The molecule has 0 aliphatic rings. The third-order valence-electron chi connectivity index (χ3n) is 2.63. The minimum atomic E-state index is -0.457. The van der Waals surface area contributed by atoms with E-state index in [9.17, 15) is 4.79 Å². The topological polar surface area (TPSA) is 70.6 Å². The second kappa shape index (κ2) is 9.15. The first kappa shape index (κ1) is 18.2. The van der Waals surface area contributed by atoms with Gasteiger partial charge in [0.1, 0.15) is 5.60 Å². The van der Waals surface area contributed by atoms with Crippen molar-refractivity contribution in [1.82, 2.24) is 10.6 Å². The predicted octanol–water partition coefficient (Wildman–Crippen LogP) is 1.90. The lowest BCUT2D eigenvalue weighted by atomic mass is 10.1. The van der Waals surface area contributed by atoms with Gasteiger partial charge in [0.05, 0.1) is 0 Å². The van der Waals surface area contributed by atoms with Crippen molar-refractivity contribution in [1.29, 1.82) is 0 Å². The molecule has 2 atom stereocenters. The van der Waals surface area contributed by atoms with Gasteiger partial charge in [-0.25, -0.2) is 4.79 Å². The van der Waals surface area contributed by atoms with Crippen molar-refractivity contribution < 1.29 is 14.6 Å². The van der Waals surface area contributed by atoms with Gasteiger partial charge in [-0.05, 0) is 53.0 Å². The molecule has 0 radical (unpaired) electrons. The molecule has 0 fully saturated rings. The Kier molecular flexibility index (Phi) is 8.76. The van der Waals surface area contributed by atoms with Crippen molar-refractivity contribution >= 4 is 6.09 Å². The fourth-order valence-corrected chi connectivity index (χ4v) is 1.51. The van der Waals surface area contributed by atoms with Crippen molar-refractivity contribution in [2.45, 2.75) is 59.1 Å². The van der Waals surface area contributed by atoms with Gasteiger partial charge in [-0.1, -0.05) is 6.92 Å². The van der Waals surface area contributed by atoms with Gasteiger partial charge in [-0.3, -0.25) is 0 Å². The Balaban J connectivity index is 3.59. The maximum Gasteiger partial charge on any atom is 0.407 e. The van der Waals surface area contributed by atoms with Crippen LogP contribution in [-0.2, 0) is 4.74 Å². The summed E-state index contributed by atoms with van der Waals surface area (Å²) in [6.45, 7) is 11.3. The fourth-order valence-electron chi connectivity index (χ4n) is 1.51. The minimum absolute atomic E-state index is 0.206. The molecule has 19 heavy (non-hydrogen) atoms. The number of hydrogen-bond acceptors (Lipinski definition) is 4. The van der Waals surface area contributed by atoms with Crippen molar-refractivity contribution in [2.24, 2.45) is 5.92 Å². The van der Waals surface area contributed by atoms with Crippen LogP contribution in [0.3, 0.4) is 0 Å². The lowest BCUT2D eigenvalue weighted by Gasteiger charge is -2.21. The Hall–Kier alpha value is -0.810. The van der Waals surface area contributed by atoms with Gasteiger partial charge in [0, 0.05) is 19.2 Å². The summed E-state index contributed by atoms with van der Waals surface area (Å²) in [6, 6.07) is 0.206. The van der Waals surface area contributed by atoms with E-state index in [1.54, 1.807) is 0 Å². The molecule has 2 unspecified atom stereocenters. The molecule has 0 aliphatic carbocycles. The molecule has 5 nitrogen and oxygen atoms in total. The van der Waals surface area contributed by atoms with Crippen LogP contribution in [0.15, 0.2) is 0 Å². The third-order valence-corrected chi connectivity index (χ3v) is 2.63. The van der Waals surface area contributed by atoms with Crippen molar-refractivity contribution in [2.75, 3.05) is 19.7 Å². The number of alkyl carbamates (subject to hydrolysis) is 1. The highest BCUT2D eigenvalue weighted by molar-refractivity contribution is 5.67. The number of carbonyl (C=O) groups is 1. The summed E-state index contributed by atoms with van der Waals surface area (Å²) >= 11 is 0. The van der Waals surface area contributed by atoms with E-state index in [4.69, 9.17) is 9.84 Å². The number of aliphatic hydroxyl groups excluding tert-OH is 1. The summed E-state index contributed by atoms with van der Waals surface area (Å²) in [6.07, 6.45) is 1.66. The van der Waals surface area contributed by atoms with Crippen LogP contribution in [0.1, 0.15) is 47.5 Å². The van der Waals surface area contributed by atoms with Crippen LogP contribution in [0, 0.1) is 5.92 Å². The van der Waals surface area contributed by atoms with E-state index in [1.165, 1.54) is 0 Å². The van der Waals surface area contributed by atoms with Crippen molar-refractivity contribution in [3.8, 4) is 0 Å². The number of aliphatic hydroxyl groups is 1. The van der Waals surface area contributed by atoms with Crippen molar-refractivity contribution in [3.63, 3.8) is 0 Å². The smallest absolute Gasteiger partial charge is 0.407 e. The van der Waals surface area contributed by atoms with Crippen LogP contribution in [0.5, 0.6) is 0 Å². The molecule has 0 aromatic rings. The van der Waals surface area contributed by atoms with E-state index in [-0.39, 0.29) is 18.7 Å². The molecule has 0 heterocycles. The Morgan fingerprint density at radius 1 is 1.32 bits per heavy atom. The summed E-state index contributed by atoms with van der Waals surface area (Å²) < 4.78 is 5.15. The predicted molar refractivity (Wildman–Crippen MR) is 77.2 cm³/mol. The number of ether oxygens (including phenoxy) is 1. The van der Waals surface area contributed by atoms with E-state index in [0.29, 0.717) is 12.5 Å². The van der Waals surface area contributed by atoms with Crippen LogP contribution < -0.4 is 10.6 Å². The molecule has 0 aliphatic heterocycles. The second-order valence-corrected chi connectivity index (χ2v) is 6.17. The van der Waals surface area contributed by atoms with E-state index < -0.39 is 5.60 Å². The van der Waals surface area contributed by atoms with E-state index >= 15 is 0 Å². The van der Waals surface area contributed by atoms with Crippen LogP contribution in [0.25, 0.3) is 0 Å². The Morgan fingerprint density at radius 3 is 2.47 bits per heavy atom. The van der Waals surface area contributed by atoms with Crippen molar-refractivity contribution in [3.05, 3.63) is 0 Å². The Bertz CT molecular complexity index is 252. The first-order valence-electron chi connectivity index (χ1n) is 7.05. The molecule has 0 saturated carbocycles. The zero-order valence-electron chi connectivity index (χ0n) is 13.0. The van der Waals surface area contributed by atoms with E-state index in [1.807, 2.05) is 34.6 Å². The maximum absolute atomic E-state index is 11.4. The number of carbonyl (C=O) groups excluding carboxylic acids is 1. The molecule has 5 heteroatoms. The lowest BCUT2D eigenvalue weighted by Crippen LogP contribution is -2.41. The highest BCUT2D eigenvalue weighted by Crippen LogP contribution is 2.06. The molecular formula is C14H30N2O3. The van der Waals surface area contributed by atoms with E-state index in [0.717, 1.165) is 19.4 Å². The van der Waals surface area contributed by atoms with Gasteiger partial charge in [0.25, 0.3) is 0 Å². The molecule has 0 aromatic heterocycles. The van der Waals surface area contributed by atoms with E-state index in [2.05, 4.69) is 10.6 Å². The third kappa shape index (κ3) is 12.0. The van der Waals surface area contributed by atoms with Gasteiger partial charge in [0.15, 0.2) is 0 Å². The van der Waals surface area contributed by atoms with Crippen LogP contribution in [0.2, 0.25) is 0 Å². The largest absolute Gasteiger partial charge is 0.444 e. The average molecular weight is 274 g/mol. The number of rotatable bonds is 8. The zero-order valence-corrected chi connectivity index (χ0v) is 13.0. The fraction of sp³-hybridized carbons (Fsp3) is 0.929. The Morgan fingerprint density at radius 2 is 1.95 bits per heavy atom. The summed E-state index contributed by atoms with van der Waals surface area (Å²) in [7, 11) is 0. The minimum Gasteiger partial charge on any atom is -0.444 e. The number of nitrogens with one attached hydrogen (secondary N) is 2. The Labute approximate surface area is 117 Å². The average Bonchev–Trinajstić information content (AvgIpc) is 2.29. The highest BCUT2D eigenvalue weighted by atomic mass is 16.6. The number of hydrogen-bond donors (Lipinski definition) is 3. The van der Waals surface area contributed by atoms with Gasteiger partial charge in [0.2, 0.25) is 0 Å². The van der Waals surface area contributed by atoms with Crippen LogP contribution in [-0.4, -0.2) is 42.5 Å². The highest BCUT2D eigenvalue weighted by Gasteiger charge is 2.16. The quantitative estimate of drug-likeness (QED) is 0.591. The van der Waals surface area contributed by atoms with Gasteiger partial charge >= 0.3 is 6.09 Å². The summed E-state index contributed by atoms with van der Waals surface area (Å²) in [5.41, 5.74) is -0.457. The summed E-state index contributed by atoms with van der Waals surface area (Å²) in [5, 5.41) is 15.0. The molecule has 0 aromatic carbocycles. The normalized spacial score (nSPS) is 14.8. The molecule has 114 valence electrons. The molecule has 3 N–H and O–H groups in total. The molecule has 0 spiro atoms. The van der Waals surface area contributed by atoms with Crippen LogP contribution in [0.4, 0.5) is 4.79 Å². The first-order chi connectivity index (χ1) is 8.74. The first-order valence-corrected chi connectivity index (χ1v) is 7.05. The molecule has 0 saturated heterocycles. The monoisotopic (exact) mass is 274 g/mol. The maximum atomic E-state index is 11.4. The second-order valence-electron chi connectivity index (χ2n) is 6.17. The van der Waals surface area contributed by atoms with Gasteiger partial charge < -0.3 is 20.5 Å². The standard InChI is InChI=1S/C14H30N2O3/c1-11(10-17)7-6-8-15-12(2)9-16-13(18)19-14(3,4)5/h11-12,15,17H,6-10H2,1-5H3,(H,16,18). The molecule has 0 rings (SSSR count). The SMILES string of the molecule is CC(CO)CCCNC(C)CNC(=O)OC(C)(C)C. The number of amides is 1. The van der Waals surface area contributed by atoms with Gasteiger partial charge in [-0.2, -0.15) is 0 Å². The van der Waals surface area contributed by atoms with Gasteiger partial charge in [-0.15, -0.1) is 0 Å². The van der Waals surface area contributed by atoms with Crippen LogP contribution >= 0.6 is 0 Å². The lowest BCUT2D eigenvalue weighted by molar-refractivity contribution is 0.0523.